The highest BCUT2D eigenvalue weighted by molar-refractivity contribution is 6.07. The number of ether oxygens (including phenoxy) is 1. The lowest BCUT2D eigenvalue weighted by Crippen LogP contribution is -2.27. The molecule has 150 valence electrons. The van der Waals surface area contributed by atoms with Crippen LogP contribution in [0.1, 0.15) is 26.6 Å². The van der Waals surface area contributed by atoms with Crippen LogP contribution < -0.4 is 5.73 Å². The number of fused-ring (bicyclic) bond motifs is 3. The van der Waals surface area contributed by atoms with Gasteiger partial charge in [-0.1, -0.05) is 12.1 Å². The van der Waals surface area contributed by atoms with Crippen LogP contribution in [-0.4, -0.2) is 36.8 Å². The van der Waals surface area contributed by atoms with Crippen molar-refractivity contribution in [1.29, 1.82) is 0 Å². The van der Waals surface area contributed by atoms with E-state index in [1.807, 2.05) is 35.8 Å². The normalized spacial score (nSPS) is 12.1. The van der Waals surface area contributed by atoms with Crippen molar-refractivity contribution in [2.45, 2.75) is 39.5 Å². The Morgan fingerprint density at radius 2 is 1.86 bits per heavy atom. The number of pyridine rings is 2. The van der Waals surface area contributed by atoms with Crippen LogP contribution in [0.5, 0.6) is 0 Å². The number of nitrogens with zero attached hydrogens (tertiary/aromatic N) is 4. The molecule has 3 N–H and O–H groups in total. The topological polar surface area (TPSA) is 99.1 Å². The van der Waals surface area contributed by atoms with Gasteiger partial charge in [0.1, 0.15) is 17.9 Å². The summed E-state index contributed by atoms with van der Waals surface area (Å²) in [5.41, 5.74) is 9.74. The quantitative estimate of drug-likeness (QED) is 0.522. The zero-order valence-corrected chi connectivity index (χ0v) is 16.9. The minimum absolute atomic E-state index is 0.345. The van der Waals surface area contributed by atoms with E-state index >= 15 is 0 Å². The van der Waals surface area contributed by atoms with Gasteiger partial charge < -0.3 is 20.1 Å². The Bertz CT molecular complexity index is 1160. The molecule has 0 unspecified atom stereocenters. The summed E-state index contributed by atoms with van der Waals surface area (Å²) in [5, 5.41) is 11.4. The van der Waals surface area contributed by atoms with Crippen molar-refractivity contribution in [1.82, 2.24) is 19.5 Å². The molecule has 1 aromatic carbocycles. The molecule has 0 aliphatic rings. The highest BCUT2D eigenvalue weighted by Crippen LogP contribution is 2.32. The van der Waals surface area contributed by atoms with E-state index in [0.29, 0.717) is 31.1 Å². The summed E-state index contributed by atoms with van der Waals surface area (Å²) in [5.74, 6) is 1.09. The maximum absolute atomic E-state index is 10.5. The van der Waals surface area contributed by atoms with E-state index in [4.69, 9.17) is 15.5 Å². The van der Waals surface area contributed by atoms with Gasteiger partial charge in [-0.25, -0.2) is 9.97 Å². The molecule has 0 fully saturated rings. The highest BCUT2D eigenvalue weighted by atomic mass is 16.5. The average molecular weight is 391 g/mol. The molecule has 0 bridgehead atoms. The Morgan fingerprint density at radius 3 is 2.55 bits per heavy atom. The smallest absolute Gasteiger partial charge is 0.152 e. The second-order valence-electron chi connectivity index (χ2n) is 7.73. The monoisotopic (exact) mass is 391 g/mol. The van der Waals surface area contributed by atoms with Crippen molar-refractivity contribution in [3.8, 4) is 11.1 Å². The van der Waals surface area contributed by atoms with E-state index < -0.39 is 5.60 Å². The molecule has 29 heavy (non-hydrogen) atoms. The molecule has 4 aromatic rings. The number of aromatic nitrogens is 4. The standard InChI is InChI=1S/C22H25N5O2/c1-4-29-12-18-26-19-20(27(18)13-22(2,3)28)16-6-5-15(11-17(16)25-21(19)23)14-7-9-24-10-8-14/h5-11,28H,4,12-13H2,1-3H3,(H2,23,25). The Labute approximate surface area is 169 Å². The van der Waals surface area contributed by atoms with Crippen molar-refractivity contribution in [3.05, 3.63) is 48.5 Å². The number of rotatable bonds is 6. The largest absolute Gasteiger partial charge is 0.389 e. The fourth-order valence-electron chi connectivity index (χ4n) is 3.54. The van der Waals surface area contributed by atoms with E-state index in [2.05, 4.69) is 16.0 Å². The first-order valence-electron chi connectivity index (χ1n) is 9.66. The van der Waals surface area contributed by atoms with Crippen LogP contribution in [0.25, 0.3) is 33.1 Å². The van der Waals surface area contributed by atoms with Crippen molar-refractivity contribution >= 4 is 27.8 Å². The van der Waals surface area contributed by atoms with Crippen molar-refractivity contribution in [2.24, 2.45) is 0 Å². The van der Waals surface area contributed by atoms with Gasteiger partial charge in [0.15, 0.2) is 5.82 Å². The van der Waals surface area contributed by atoms with E-state index in [9.17, 15) is 5.11 Å². The third-order valence-electron chi connectivity index (χ3n) is 4.78. The van der Waals surface area contributed by atoms with Crippen LogP contribution in [0.3, 0.4) is 0 Å². The van der Waals surface area contributed by atoms with Gasteiger partial charge in [-0.05, 0) is 50.1 Å². The zero-order chi connectivity index (χ0) is 20.6. The van der Waals surface area contributed by atoms with E-state index in [-0.39, 0.29) is 0 Å². The Kier molecular flexibility index (Phi) is 4.94. The molecule has 0 aliphatic carbocycles. The van der Waals surface area contributed by atoms with Crippen molar-refractivity contribution in [3.63, 3.8) is 0 Å². The number of nitrogen functional groups attached to an aromatic ring is 1. The molecular weight excluding hydrogens is 366 g/mol. The lowest BCUT2D eigenvalue weighted by atomic mass is 10.0. The molecule has 4 rings (SSSR count). The van der Waals surface area contributed by atoms with Crippen molar-refractivity contribution in [2.75, 3.05) is 12.3 Å². The predicted molar refractivity (Wildman–Crippen MR) is 114 cm³/mol. The van der Waals surface area contributed by atoms with Crippen LogP contribution in [0, 0.1) is 0 Å². The maximum atomic E-state index is 10.5. The van der Waals surface area contributed by atoms with Crippen LogP contribution in [0.15, 0.2) is 42.7 Å². The van der Waals surface area contributed by atoms with Gasteiger partial charge in [0.05, 0.1) is 23.2 Å². The van der Waals surface area contributed by atoms with Crippen LogP contribution in [0.4, 0.5) is 5.82 Å². The van der Waals surface area contributed by atoms with Gasteiger partial charge in [0, 0.05) is 24.4 Å². The fourth-order valence-corrected chi connectivity index (χ4v) is 3.54. The number of benzene rings is 1. The number of nitrogens with two attached hydrogens (primary N) is 1. The van der Waals surface area contributed by atoms with Crippen molar-refractivity contribution < 1.29 is 9.84 Å². The maximum Gasteiger partial charge on any atom is 0.152 e. The summed E-state index contributed by atoms with van der Waals surface area (Å²) in [7, 11) is 0. The third kappa shape index (κ3) is 3.79. The lowest BCUT2D eigenvalue weighted by molar-refractivity contribution is 0.0582. The average Bonchev–Trinajstić information content (AvgIpc) is 3.04. The molecule has 0 saturated heterocycles. The number of imidazole rings is 1. The number of anilines is 1. The van der Waals surface area contributed by atoms with Crippen LogP contribution >= 0.6 is 0 Å². The third-order valence-corrected chi connectivity index (χ3v) is 4.78. The van der Waals surface area contributed by atoms with E-state index in [1.54, 1.807) is 26.2 Å². The van der Waals surface area contributed by atoms with Crippen LogP contribution in [-0.2, 0) is 17.9 Å². The zero-order valence-electron chi connectivity index (χ0n) is 16.9. The molecule has 7 nitrogen and oxygen atoms in total. The summed E-state index contributed by atoms with van der Waals surface area (Å²) < 4.78 is 7.60. The lowest BCUT2D eigenvalue weighted by Gasteiger charge is -2.20. The van der Waals surface area contributed by atoms with E-state index in [1.165, 1.54) is 0 Å². The molecule has 7 heteroatoms. The van der Waals surface area contributed by atoms with Gasteiger partial charge in [0.2, 0.25) is 0 Å². The molecule has 0 atom stereocenters. The molecule has 0 amide bonds. The van der Waals surface area contributed by atoms with Crippen LogP contribution in [0.2, 0.25) is 0 Å². The molecule has 0 spiro atoms. The first-order valence-corrected chi connectivity index (χ1v) is 9.66. The minimum atomic E-state index is -0.921. The molecule has 0 aliphatic heterocycles. The van der Waals surface area contributed by atoms with Gasteiger partial charge in [0.25, 0.3) is 0 Å². The summed E-state index contributed by atoms with van der Waals surface area (Å²) in [4.78, 5) is 13.4. The second kappa shape index (κ2) is 7.42. The second-order valence-corrected chi connectivity index (χ2v) is 7.73. The Morgan fingerprint density at radius 1 is 1.10 bits per heavy atom. The number of aliphatic hydroxyl groups is 1. The predicted octanol–water partition coefficient (Wildman–Crippen LogP) is 3.54. The fraction of sp³-hybridized carbons (Fsp3) is 0.318. The first-order chi connectivity index (χ1) is 13.9. The summed E-state index contributed by atoms with van der Waals surface area (Å²) in [6.07, 6.45) is 3.53. The molecule has 3 heterocycles. The molecular formula is C22H25N5O2. The molecule has 0 saturated carbocycles. The highest BCUT2D eigenvalue weighted by Gasteiger charge is 2.22. The van der Waals surface area contributed by atoms with Gasteiger partial charge in [-0.15, -0.1) is 0 Å². The van der Waals surface area contributed by atoms with E-state index in [0.717, 1.165) is 33.4 Å². The molecule has 0 radical (unpaired) electrons. The first kappa shape index (κ1) is 19.3. The van der Waals surface area contributed by atoms with Gasteiger partial charge in [-0.2, -0.15) is 0 Å². The minimum Gasteiger partial charge on any atom is -0.389 e. The summed E-state index contributed by atoms with van der Waals surface area (Å²) in [6, 6.07) is 10.0. The Balaban J connectivity index is 1.96. The summed E-state index contributed by atoms with van der Waals surface area (Å²) in [6.45, 7) is 6.79. The SMILES string of the molecule is CCOCc1nc2c(N)nc3cc(-c4ccncc4)ccc3c2n1CC(C)(C)O. The summed E-state index contributed by atoms with van der Waals surface area (Å²) >= 11 is 0. The number of hydrogen-bond acceptors (Lipinski definition) is 6. The molecule has 3 aromatic heterocycles. The number of hydrogen-bond donors (Lipinski definition) is 2. The van der Waals surface area contributed by atoms with Gasteiger partial charge >= 0.3 is 0 Å². The van der Waals surface area contributed by atoms with Gasteiger partial charge in [-0.3, -0.25) is 4.98 Å². The Hall–Kier alpha value is -3.03.